The third-order valence-corrected chi connectivity index (χ3v) is 6.08. The van der Waals surface area contributed by atoms with Gasteiger partial charge in [0.25, 0.3) is 10.0 Å². The lowest BCUT2D eigenvalue weighted by atomic mass is 10.2. The van der Waals surface area contributed by atoms with Crippen molar-refractivity contribution in [2.75, 3.05) is 4.90 Å². The van der Waals surface area contributed by atoms with Gasteiger partial charge in [-0.3, -0.25) is 4.90 Å². The molecule has 5 nitrogen and oxygen atoms in total. The number of carbonyl (C=O) groups excluding carboxylic acids is 1. The smallest absolute Gasteiger partial charge is 0.289 e. The Kier molecular flexibility index (Phi) is 7.03. The summed E-state index contributed by atoms with van der Waals surface area (Å²) in [6.07, 6.45) is 1.85. The van der Waals surface area contributed by atoms with Crippen LogP contribution >= 0.6 is 0 Å². The highest BCUT2D eigenvalue weighted by Crippen LogP contribution is 2.19. The van der Waals surface area contributed by atoms with E-state index in [4.69, 9.17) is 0 Å². The molecule has 154 valence electrons. The van der Waals surface area contributed by atoms with Crippen LogP contribution < -0.4 is 9.62 Å². The van der Waals surface area contributed by atoms with Gasteiger partial charge in [-0.05, 0) is 35.8 Å². The molecule has 0 aromatic heterocycles. The fourth-order valence-corrected chi connectivity index (χ4v) is 4.14. The van der Waals surface area contributed by atoms with E-state index in [1.807, 2.05) is 78.9 Å². The molecule has 3 aromatic rings. The quantitative estimate of drug-likeness (QED) is 0.572. The second kappa shape index (κ2) is 9.89. The first-order valence-electron chi connectivity index (χ1n) is 9.68. The molecular weight excluding hydrogens is 396 g/mol. The Hall–Kier alpha value is -3.38. The van der Waals surface area contributed by atoms with E-state index in [2.05, 4.69) is 4.72 Å². The van der Waals surface area contributed by atoms with Crippen LogP contribution in [0.1, 0.15) is 24.5 Å². The summed E-state index contributed by atoms with van der Waals surface area (Å²) in [6, 6.07) is 26.9. The van der Waals surface area contributed by atoms with E-state index in [9.17, 15) is 13.2 Å². The van der Waals surface area contributed by atoms with E-state index < -0.39 is 16.1 Å². The molecule has 0 bridgehead atoms. The maximum absolute atomic E-state index is 13.0. The highest BCUT2D eigenvalue weighted by atomic mass is 32.2. The molecule has 2 amide bonds. The number of anilines is 1. The third kappa shape index (κ3) is 5.58. The van der Waals surface area contributed by atoms with Gasteiger partial charge in [0.15, 0.2) is 0 Å². The predicted octanol–water partition coefficient (Wildman–Crippen LogP) is 5.18. The summed E-state index contributed by atoms with van der Waals surface area (Å²) in [6.45, 7) is 1.99. The number of nitrogens with one attached hydrogen (secondary N) is 1. The number of allylic oxidation sites excluding steroid dienone is 1. The molecule has 0 saturated heterocycles. The highest BCUT2D eigenvalue weighted by Gasteiger charge is 2.24. The van der Waals surface area contributed by atoms with Gasteiger partial charge in [-0.2, -0.15) is 0 Å². The largest absolute Gasteiger partial charge is 0.336 e. The van der Waals surface area contributed by atoms with Crippen LogP contribution in [0.25, 0.3) is 6.08 Å². The lowest BCUT2D eigenvalue weighted by molar-refractivity contribution is 0.250. The second-order valence-electron chi connectivity index (χ2n) is 6.69. The molecule has 0 spiro atoms. The van der Waals surface area contributed by atoms with E-state index >= 15 is 0 Å². The molecule has 3 aromatic carbocycles. The van der Waals surface area contributed by atoms with Crippen molar-refractivity contribution in [3.63, 3.8) is 0 Å². The summed E-state index contributed by atoms with van der Waals surface area (Å²) < 4.78 is 28.1. The molecule has 1 N–H and O–H groups in total. The fraction of sp³-hybridized carbons (Fsp3) is 0.125. The molecule has 30 heavy (non-hydrogen) atoms. The van der Waals surface area contributed by atoms with Crippen molar-refractivity contribution in [1.29, 1.82) is 0 Å². The maximum Gasteiger partial charge on any atom is 0.336 e. The van der Waals surface area contributed by atoms with E-state index in [1.54, 1.807) is 25.1 Å². The molecule has 0 aliphatic carbocycles. The van der Waals surface area contributed by atoms with Crippen molar-refractivity contribution in [2.45, 2.75) is 19.9 Å². The van der Waals surface area contributed by atoms with E-state index in [0.717, 1.165) is 11.1 Å². The number of hydrogen-bond donors (Lipinski definition) is 1. The van der Waals surface area contributed by atoms with Gasteiger partial charge in [-0.25, -0.2) is 17.9 Å². The number of nitrogens with zero attached hydrogens (tertiary/aromatic N) is 1. The molecule has 0 atom stereocenters. The van der Waals surface area contributed by atoms with Crippen molar-refractivity contribution >= 4 is 27.8 Å². The SMILES string of the molecule is CCC(=Cc1ccccc1)S(=O)(=O)NC(=O)N(Cc1ccccc1)c1ccccc1. The summed E-state index contributed by atoms with van der Waals surface area (Å²) in [5.74, 6) is 0. The van der Waals surface area contributed by atoms with Crippen LogP contribution in [-0.2, 0) is 16.6 Å². The molecule has 0 radical (unpaired) electrons. The summed E-state index contributed by atoms with van der Waals surface area (Å²) in [7, 11) is -4.00. The van der Waals surface area contributed by atoms with Gasteiger partial charge in [-0.1, -0.05) is 85.8 Å². The zero-order valence-corrected chi connectivity index (χ0v) is 17.5. The van der Waals surface area contributed by atoms with E-state index in [-0.39, 0.29) is 17.9 Å². The number of rotatable bonds is 7. The number of urea groups is 1. The maximum atomic E-state index is 13.0. The number of amides is 2. The first kappa shape index (κ1) is 21.3. The Morgan fingerprint density at radius 3 is 1.97 bits per heavy atom. The van der Waals surface area contributed by atoms with Crippen LogP contribution in [0.4, 0.5) is 10.5 Å². The molecule has 3 rings (SSSR count). The Bertz CT molecular complexity index is 1100. The molecule has 0 unspecified atom stereocenters. The lowest BCUT2D eigenvalue weighted by Gasteiger charge is -2.23. The molecular formula is C24H24N2O3S. The zero-order valence-electron chi connectivity index (χ0n) is 16.7. The topological polar surface area (TPSA) is 66.5 Å². The van der Waals surface area contributed by atoms with Crippen LogP contribution in [0, 0.1) is 0 Å². The van der Waals surface area contributed by atoms with E-state index in [1.165, 1.54) is 4.90 Å². The Morgan fingerprint density at radius 1 is 0.867 bits per heavy atom. The first-order valence-corrected chi connectivity index (χ1v) is 11.2. The molecule has 0 fully saturated rings. The van der Waals surface area contributed by atoms with Crippen LogP contribution in [0.2, 0.25) is 0 Å². The van der Waals surface area contributed by atoms with Gasteiger partial charge in [0.05, 0.1) is 11.4 Å². The lowest BCUT2D eigenvalue weighted by Crippen LogP contribution is -2.43. The van der Waals surface area contributed by atoms with Crippen molar-refractivity contribution in [3.05, 3.63) is 107 Å². The molecule has 0 aliphatic rings. The number of sulfonamides is 1. The summed E-state index contributed by atoms with van der Waals surface area (Å²) >= 11 is 0. The van der Waals surface area contributed by atoms with Crippen LogP contribution in [0.3, 0.4) is 0 Å². The van der Waals surface area contributed by atoms with Gasteiger partial charge < -0.3 is 0 Å². The van der Waals surface area contributed by atoms with E-state index in [0.29, 0.717) is 5.69 Å². The molecule has 0 heterocycles. The van der Waals surface area contributed by atoms with Crippen LogP contribution in [0.15, 0.2) is 95.9 Å². The van der Waals surface area contributed by atoms with Gasteiger partial charge in [0, 0.05) is 5.69 Å². The third-order valence-electron chi connectivity index (χ3n) is 4.54. The minimum Gasteiger partial charge on any atom is -0.289 e. The van der Waals surface area contributed by atoms with Crippen molar-refractivity contribution in [1.82, 2.24) is 4.72 Å². The average Bonchev–Trinajstić information content (AvgIpc) is 2.77. The number of hydrogen-bond acceptors (Lipinski definition) is 3. The average molecular weight is 421 g/mol. The van der Waals surface area contributed by atoms with Crippen molar-refractivity contribution < 1.29 is 13.2 Å². The van der Waals surface area contributed by atoms with Gasteiger partial charge in [0.1, 0.15) is 0 Å². The van der Waals surface area contributed by atoms with Gasteiger partial charge in [0.2, 0.25) is 0 Å². The minimum atomic E-state index is -4.00. The minimum absolute atomic E-state index is 0.148. The zero-order chi connectivity index (χ0) is 21.4. The summed E-state index contributed by atoms with van der Waals surface area (Å²) in [5, 5.41) is 0. The number of carbonyl (C=O) groups is 1. The monoisotopic (exact) mass is 420 g/mol. The van der Waals surface area contributed by atoms with Gasteiger partial charge in [-0.15, -0.1) is 0 Å². The summed E-state index contributed by atoms with van der Waals surface area (Å²) in [4.78, 5) is 14.6. The Morgan fingerprint density at radius 2 is 1.40 bits per heavy atom. The normalized spacial score (nSPS) is 11.7. The summed E-state index contributed by atoms with van der Waals surface area (Å²) in [5.41, 5.74) is 2.26. The standard InChI is InChI=1S/C24H24N2O3S/c1-2-23(18-20-12-6-3-7-13-20)30(28,29)25-24(27)26(22-16-10-5-11-17-22)19-21-14-8-4-9-15-21/h3-18H,2,19H2,1H3,(H,25,27). The van der Waals surface area contributed by atoms with Crippen molar-refractivity contribution in [3.8, 4) is 0 Å². The number of benzene rings is 3. The van der Waals surface area contributed by atoms with Crippen molar-refractivity contribution in [2.24, 2.45) is 0 Å². The molecule has 6 heteroatoms. The molecule has 0 saturated carbocycles. The highest BCUT2D eigenvalue weighted by molar-refractivity contribution is 7.94. The van der Waals surface area contributed by atoms with Crippen LogP contribution in [-0.4, -0.2) is 14.4 Å². The Labute approximate surface area is 177 Å². The first-order chi connectivity index (χ1) is 14.5. The van der Waals surface area contributed by atoms with Gasteiger partial charge >= 0.3 is 6.03 Å². The predicted molar refractivity (Wildman–Crippen MR) is 121 cm³/mol. The number of para-hydroxylation sites is 1. The second-order valence-corrected chi connectivity index (χ2v) is 8.43. The molecule has 0 aliphatic heterocycles. The Balaban J connectivity index is 1.88. The van der Waals surface area contributed by atoms with Crippen LogP contribution in [0.5, 0.6) is 0 Å². The fourth-order valence-electron chi connectivity index (χ4n) is 2.99.